The Hall–Kier alpha value is -2.90. The molecule has 0 radical (unpaired) electrons. The number of benzene rings is 2. The number of hydrogen-bond donors (Lipinski definition) is 0. The number of rotatable bonds is 5. The van der Waals surface area contributed by atoms with Gasteiger partial charge in [0.2, 0.25) is 0 Å². The molecule has 2 aromatic carbocycles. The second-order valence-electron chi connectivity index (χ2n) is 6.53. The molecule has 0 unspecified atom stereocenters. The fourth-order valence-corrected chi connectivity index (χ4v) is 3.97. The molecule has 0 aliphatic carbocycles. The zero-order valence-corrected chi connectivity index (χ0v) is 17.8. The van der Waals surface area contributed by atoms with Crippen LogP contribution in [0.3, 0.4) is 0 Å². The predicted molar refractivity (Wildman–Crippen MR) is 115 cm³/mol. The van der Waals surface area contributed by atoms with Crippen molar-refractivity contribution in [3.05, 3.63) is 83.0 Å². The molecule has 6 nitrogen and oxygen atoms in total. The van der Waals surface area contributed by atoms with Gasteiger partial charge in [-0.05, 0) is 55.5 Å². The van der Waals surface area contributed by atoms with Gasteiger partial charge in [0.25, 0.3) is 15.9 Å². The average molecular weight is 430 g/mol. The molecular formula is C21H20ClN3O3S. The molecule has 0 saturated carbocycles. The standard InChI is InChI=1S/C21H20ClN3O3S/c1-15-4-8-18(9-5-15)24(2)21(26)16-12-13-23-20(14-16)29(27,28)25(3)19-10-6-17(22)7-11-19/h4-14H,1-3H3. The van der Waals surface area contributed by atoms with Crippen molar-refractivity contribution >= 4 is 38.9 Å². The second-order valence-corrected chi connectivity index (χ2v) is 8.88. The van der Waals surface area contributed by atoms with Crippen LogP contribution in [0.15, 0.2) is 71.9 Å². The predicted octanol–water partition coefficient (Wildman–Crippen LogP) is 4.15. The lowest BCUT2D eigenvalue weighted by Gasteiger charge is -2.20. The number of pyridine rings is 1. The number of carbonyl (C=O) groups is 1. The summed E-state index contributed by atoms with van der Waals surface area (Å²) in [6.07, 6.45) is 1.32. The summed E-state index contributed by atoms with van der Waals surface area (Å²) >= 11 is 5.87. The monoisotopic (exact) mass is 429 g/mol. The zero-order valence-electron chi connectivity index (χ0n) is 16.2. The molecule has 1 aromatic heterocycles. The Morgan fingerprint density at radius 1 is 0.931 bits per heavy atom. The van der Waals surface area contributed by atoms with Gasteiger partial charge < -0.3 is 4.90 Å². The van der Waals surface area contributed by atoms with Crippen molar-refractivity contribution < 1.29 is 13.2 Å². The molecule has 0 bridgehead atoms. The summed E-state index contributed by atoms with van der Waals surface area (Å²) in [5.41, 5.74) is 2.45. The number of amides is 1. The first kappa shape index (κ1) is 20.8. The second kappa shape index (κ2) is 8.23. The maximum Gasteiger partial charge on any atom is 0.281 e. The minimum absolute atomic E-state index is 0.210. The maximum absolute atomic E-state index is 13.0. The largest absolute Gasteiger partial charge is 0.311 e. The fourth-order valence-electron chi connectivity index (χ4n) is 2.69. The summed E-state index contributed by atoms with van der Waals surface area (Å²) in [5.74, 6) is -0.332. The normalized spacial score (nSPS) is 11.2. The van der Waals surface area contributed by atoms with Crippen LogP contribution in [0.25, 0.3) is 0 Å². The molecule has 8 heteroatoms. The van der Waals surface area contributed by atoms with Gasteiger partial charge in [-0.2, -0.15) is 8.42 Å². The number of sulfonamides is 1. The topological polar surface area (TPSA) is 70.6 Å². The molecule has 0 N–H and O–H groups in total. The molecule has 0 atom stereocenters. The number of nitrogens with zero attached hydrogens (tertiary/aromatic N) is 3. The Morgan fingerprint density at radius 3 is 2.14 bits per heavy atom. The van der Waals surface area contributed by atoms with E-state index in [1.165, 1.54) is 30.3 Å². The van der Waals surface area contributed by atoms with Gasteiger partial charge >= 0.3 is 0 Å². The number of carbonyl (C=O) groups excluding carboxylic acids is 1. The molecule has 0 aliphatic heterocycles. The Balaban J connectivity index is 1.90. The molecular weight excluding hydrogens is 410 g/mol. The van der Waals surface area contributed by atoms with Crippen LogP contribution in [0, 0.1) is 6.92 Å². The number of aromatic nitrogens is 1. The van der Waals surface area contributed by atoms with Crippen LogP contribution in [-0.4, -0.2) is 33.4 Å². The molecule has 29 heavy (non-hydrogen) atoms. The molecule has 3 aromatic rings. The van der Waals surface area contributed by atoms with Gasteiger partial charge in [-0.1, -0.05) is 29.3 Å². The van der Waals surface area contributed by atoms with Crippen LogP contribution < -0.4 is 9.21 Å². The summed E-state index contributed by atoms with van der Waals surface area (Å²) in [6, 6.07) is 16.7. The smallest absolute Gasteiger partial charge is 0.281 e. The van der Waals surface area contributed by atoms with Gasteiger partial charge in [-0.3, -0.25) is 9.10 Å². The molecule has 1 heterocycles. The number of halogens is 1. The number of anilines is 2. The van der Waals surface area contributed by atoms with E-state index in [0.717, 1.165) is 9.87 Å². The van der Waals surface area contributed by atoms with E-state index in [4.69, 9.17) is 11.6 Å². The molecule has 0 saturated heterocycles. The van der Waals surface area contributed by atoms with E-state index in [2.05, 4.69) is 4.98 Å². The Morgan fingerprint density at radius 2 is 1.52 bits per heavy atom. The van der Waals surface area contributed by atoms with Gasteiger partial charge in [-0.15, -0.1) is 0 Å². The molecule has 0 fully saturated rings. The van der Waals surface area contributed by atoms with Crippen LogP contribution in [0.5, 0.6) is 0 Å². The van der Waals surface area contributed by atoms with Crippen molar-refractivity contribution in [2.75, 3.05) is 23.3 Å². The highest BCUT2D eigenvalue weighted by Gasteiger charge is 2.25. The van der Waals surface area contributed by atoms with Crippen LogP contribution in [0.4, 0.5) is 11.4 Å². The first-order valence-corrected chi connectivity index (χ1v) is 10.6. The Bertz CT molecular complexity index is 1130. The third-order valence-electron chi connectivity index (χ3n) is 4.52. The summed E-state index contributed by atoms with van der Waals surface area (Å²) < 4.78 is 27.1. The van der Waals surface area contributed by atoms with Crippen molar-refractivity contribution in [1.82, 2.24) is 4.98 Å². The zero-order chi connectivity index (χ0) is 21.2. The van der Waals surface area contributed by atoms with Crippen LogP contribution >= 0.6 is 11.6 Å². The summed E-state index contributed by atoms with van der Waals surface area (Å²) in [7, 11) is -0.884. The van der Waals surface area contributed by atoms with E-state index in [1.54, 1.807) is 31.3 Å². The molecule has 0 aliphatic rings. The molecule has 150 valence electrons. The van der Waals surface area contributed by atoms with Gasteiger partial charge in [0, 0.05) is 36.6 Å². The minimum Gasteiger partial charge on any atom is -0.311 e. The van der Waals surface area contributed by atoms with Crippen molar-refractivity contribution in [2.45, 2.75) is 11.9 Å². The molecule has 1 amide bonds. The summed E-state index contributed by atoms with van der Waals surface area (Å²) in [4.78, 5) is 18.3. The highest BCUT2D eigenvalue weighted by molar-refractivity contribution is 7.92. The van der Waals surface area contributed by atoms with Crippen molar-refractivity contribution in [2.24, 2.45) is 0 Å². The number of hydrogen-bond acceptors (Lipinski definition) is 4. The molecule has 0 spiro atoms. The highest BCUT2D eigenvalue weighted by Crippen LogP contribution is 2.24. The van der Waals surface area contributed by atoms with Crippen LogP contribution in [-0.2, 0) is 10.0 Å². The maximum atomic E-state index is 13.0. The van der Waals surface area contributed by atoms with Gasteiger partial charge in [-0.25, -0.2) is 4.98 Å². The first-order valence-electron chi connectivity index (χ1n) is 8.75. The van der Waals surface area contributed by atoms with Crippen LogP contribution in [0.1, 0.15) is 15.9 Å². The lowest BCUT2D eigenvalue weighted by molar-refractivity contribution is 0.0992. The molecule has 3 rings (SSSR count). The van der Waals surface area contributed by atoms with E-state index < -0.39 is 10.0 Å². The first-order chi connectivity index (χ1) is 13.7. The summed E-state index contributed by atoms with van der Waals surface area (Å²) in [6.45, 7) is 1.96. The van der Waals surface area contributed by atoms with Crippen molar-refractivity contribution in [1.29, 1.82) is 0 Å². The van der Waals surface area contributed by atoms with Gasteiger partial charge in [0.15, 0.2) is 5.03 Å². The Labute approximate surface area is 175 Å². The van der Waals surface area contributed by atoms with Crippen molar-refractivity contribution in [3.63, 3.8) is 0 Å². The SMILES string of the molecule is Cc1ccc(N(C)C(=O)c2ccnc(S(=O)(=O)N(C)c3ccc(Cl)cc3)c2)cc1. The quantitative estimate of drug-likeness (QED) is 0.611. The van der Waals surface area contributed by atoms with E-state index in [9.17, 15) is 13.2 Å². The number of aryl methyl sites for hydroxylation is 1. The highest BCUT2D eigenvalue weighted by atomic mass is 35.5. The van der Waals surface area contributed by atoms with E-state index in [-0.39, 0.29) is 16.5 Å². The average Bonchev–Trinajstić information content (AvgIpc) is 2.73. The lowest BCUT2D eigenvalue weighted by atomic mass is 10.2. The van der Waals surface area contributed by atoms with E-state index >= 15 is 0 Å². The van der Waals surface area contributed by atoms with Crippen molar-refractivity contribution in [3.8, 4) is 0 Å². The third kappa shape index (κ3) is 4.41. The third-order valence-corrected chi connectivity index (χ3v) is 6.46. The van der Waals surface area contributed by atoms with Crippen LogP contribution in [0.2, 0.25) is 5.02 Å². The van der Waals surface area contributed by atoms with Gasteiger partial charge in [0.05, 0.1) is 5.69 Å². The van der Waals surface area contributed by atoms with Gasteiger partial charge in [0.1, 0.15) is 0 Å². The lowest BCUT2D eigenvalue weighted by Crippen LogP contribution is -2.29. The minimum atomic E-state index is -3.95. The Kier molecular flexibility index (Phi) is 5.91. The fraction of sp³-hybridized carbons (Fsp3) is 0.143. The van der Waals surface area contributed by atoms with E-state index in [1.807, 2.05) is 31.2 Å². The summed E-state index contributed by atoms with van der Waals surface area (Å²) in [5, 5.41) is 0.294. The van der Waals surface area contributed by atoms with E-state index in [0.29, 0.717) is 16.4 Å².